The SMILES string of the molecule is C.C.CC1CN(C(=O)c2ccc(NS(=O)(=O)c3cccc4cccnc34)cc2)CC(C)N1.CC1CN(C(=O)c2ccc(NS(=O)(=O)c3cccc4cccnc34)cc2)CC(C)N1C(=O)c1ccccn1.CC1CNCC(C)N1.O=C(Cl)c1ccccn1.O=C(O)c1ccc(NS(=O)(=O)c2cccc3ccccc23)cc1.[I][V]([I])[I]. The molecule has 7 N–H and O–H groups in total. The molecule has 14 rings (SSSR count). The fourth-order valence-electron chi connectivity index (χ4n) is 12.7. The van der Waals surface area contributed by atoms with E-state index in [1.807, 2.05) is 49.1 Å². The first-order valence-corrected chi connectivity index (χ1v) is 53.4. The number of aromatic carboxylic acids is 1. The Morgan fingerprint density at radius 1 is 0.421 bits per heavy atom. The van der Waals surface area contributed by atoms with Gasteiger partial charge in [0.25, 0.3) is 53.0 Å². The van der Waals surface area contributed by atoms with E-state index < -0.39 is 41.3 Å². The number of fused-ring (bicyclic) bond motifs is 3. The van der Waals surface area contributed by atoms with Crippen LogP contribution in [0.2, 0.25) is 0 Å². The van der Waals surface area contributed by atoms with E-state index in [0.29, 0.717) is 94.3 Å². The monoisotopic (exact) mass is 2000 g/mol. The van der Waals surface area contributed by atoms with Gasteiger partial charge in [0.15, 0.2) is 0 Å². The first-order valence-electron chi connectivity index (χ1n) is 35.1. The summed E-state index contributed by atoms with van der Waals surface area (Å²) in [6.07, 6.45) is 6.23. The average Bonchev–Trinajstić information content (AvgIpc) is 0.794. The number of carbonyl (C=O) groups is 5. The zero-order valence-electron chi connectivity index (χ0n) is 61.5. The third kappa shape index (κ3) is 26.3. The second kappa shape index (κ2) is 43.6. The van der Waals surface area contributed by atoms with E-state index in [4.69, 9.17) is 16.7 Å². The van der Waals surface area contributed by atoms with Crippen molar-refractivity contribution in [1.29, 1.82) is 0 Å². The number of hydrogen-bond donors (Lipinski definition) is 7. The molecule has 0 aliphatic carbocycles. The molecule has 3 fully saturated rings. The van der Waals surface area contributed by atoms with E-state index in [9.17, 15) is 49.2 Å². The summed E-state index contributed by atoms with van der Waals surface area (Å²) in [4.78, 5) is 82.0. The molecule has 33 heteroatoms. The van der Waals surface area contributed by atoms with E-state index in [1.54, 1.807) is 168 Å². The van der Waals surface area contributed by atoms with Gasteiger partial charge in [0.1, 0.15) is 21.2 Å². The molecule has 11 aromatic rings. The van der Waals surface area contributed by atoms with Crippen molar-refractivity contribution in [3.05, 3.63) is 265 Å². The number of carbonyl (C=O) groups excluding carboxylic acids is 4. The third-order valence-corrected chi connectivity index (χ3v) is 21.9. The van der Waals surface area contributed by atoms with Crippen molar-refractivity contribution in [2.24, 2.45) is 0 Å². The molecular weight excluding hydrogens is 1910 g/mol. The van der Waals surface area contributed by atoms with E-state index in [-0.39, 0.29) is 81.9 Å². The minimum absolute atomic E-state index is 0. The summed E-state index contributed by atoms with van der Waals surface area (Å²) in [7, 11) is -11.5. The number of rotatable bonds is 14. The molecule has 6 atom stereocenters. The van der Waals surface area contributed by atoms with E-state index in [0.717, 1.165) is 29.2 Å². The van der Waals surface area contributed by atoms with E-state index >= 15 is 0 Å². The molecule has 0 bridgehead atoms. The molecule has 3 saturated heterocycles. The molecular formula is C81H90ClI3N13O12S3V. The standard InChI is InChI=1S/C28H27N5O4S.C22H24N4O3S.C17H13NO4S.C6H4ClNO.C6H14N2.2CH4.3HI.V/c1-19-17-32(18-20(2)33(19)28(35)24-9-3-4-15-29-24)27(34)22-11-13-23(14-12-22)31-38(36,37)25-10-5-7-21-8-6-16-30-26(21)25;1-15-13-26(14-16(2)24-15)22(27)18-8-10-19(11-9-18)25-30(28,29)20-7-3-5-17-6-4-12-23-21(17)20;19-17(20)13-8-10-14(11-9-13)18-23(21,22)16-7-3-5-12-4-1-2-6-15(12)16;7-6(9)5-3-1-2-4-8-5;1-5-3-7-4-6(2)8-5;;;;;;/h3-16,19-20,31H,17-18H2,1-2H3;3-12,15-16,24-25H,13-14H2,1-2H3;1-11,18H,(H,19,20);1-4H;5-8H,3-4H2,1-2H3;2*1H4;3*1H;/q;;;;;;;;;;+3/p-3. The number of anilines is 3. The second-order valence-corrected chi connectivity index (χ2v) is 67.0. The number of aromatic nitrogens is 4. The Kier molecular flexibility index (Phi) is 35.5. The van der Waals surface area contributed by atoms with Crippen LogP contribution in [0.5, 0.6) is 0 Å². The first kappa shape index (κ1) is 92.8. The molecule has 6 unspecified atom stereocenters. The Morgan fingerprint density at radius 2 is 0.772 bits per heavy atom. The van der Waals surface area contributed by atoms with Gasteiger partial charge in [-0.1, -0.05) is 99.8 Å². The number of para-hydroxylation sites is 2. The molecule has 25 nitrogen and oxygen atoms in total. The zero-order valence-corrected chi connectivity index (χ0v) is 72.6. The van der Waals surface area contributed by atoms with Crippen LogP contribution in [-0.2, 0) is 35.0 Å². The van der Waals surface area contributed by atoms with Gasteiger partial charge in [-0.05, 0) is 186 Å². The molecule has 114 heavy (non-hydrogen) atoms. The van der Waals surface area contributed by atoms with Gasteiger partial charge in [0.05, 0.1) is 21.5 Å². The van der Waals surface area contributed by atoms with Gasteiger partial charge in [-0.25, -0.2) is 30.0 Å². The molecule has 602 valence electrons. The average molecular weight is 2000 g/mol. The van der Waals surface area contributed by atoms with Crippen LogP contribution in [0.1, 0.15) is 108 Å². The summed E-state index contributed by atoms with van der Waals surface area (Å²) in [5.41, 5.74) is 3.57. The normalized spacial score (nSPS) is 17.2. The fraction of sp³-hybridized carbons (Fsp3) is 0.247. The molecule has 7 aromatic carbocycles. The second-order valence-electron chi connectivity index (χ2n) is 26.3. The van der Waals surface area contributed by atoms with Gasteiger partial charge < -0.3 is 35.8 Å². The fourth-order valence-corrected chi connectivity index (χ4v) is 16.5. The van der Waals surface area contributed by atoms with Gasteiger partial charge >= 0.3 is 70.8 Å². The van der Waals surface area contributed by atoms with Crippen molar-refractivity contribution in [3.63, 3.8) is 0 Å². The summed E-state index contributed by atoms with van der Waals surface area (Å²) in [5, 5.41) is 21.4. The van der Waals surface area contributed by atoms with Crippen LogP contribution in [-0.4, -0.2) is 169 Å². The number of nitrogens with zero attached hydrogens (tertiary/aromatic N) is 7. The summed E-state index contributed by atoms with van der Waals surface area (Å²) in [6, 6.07) is 59.5. The molecule has 7 heterocycles. The number of nitrogens with one attached hydrogen (secondary N) is 6. The van der Waals surface area contributed by atoms with Crippen molar-refractivity contribution in [2.75, 3.05) is 53.4 Å². The topological polar surface area (TPSA) is 341 Å². The Labute approximate surface area is 708 Å². The Hall–Kier alpha value is -8.34. The number of carboxylic acid groups (broad SMARTS) is 1. The predicted molar refractivity (Wildman–Crippen MR) is 474 cm³/mol. The summed E-state index contributed by atoms with van der Waals surface area (Å²) in [5.74, 6) is -1.45. The number of amides is 3. The first-order chi connectivity index (χ1) is 53.4. The summed E-state index contributed by atoms with van der Waals surface area (Å²) >= 11 is 12.5. The number of carboxylic acids is 1. The van der Waals surface area contributed by atoms with E-state index in [2.05, 4.69) is 138 Å². The van der Waals surface area contributed by atoms with Gasteiger partial charge in [-0.3, -0.25) is 53.3 Å². The van der Waals surface area contributed by atoms with Crippen molar-refractivity contribution in [1.82, 2.24) is 50.6 Å². The van der Waals surface area contributed by atoms with Crippen molar-refractivity contribution >= 4 is 180 Å². The molecule has 0 radical (unpaired) electrons. The van der Waals surface area contributed by atoms with Gasteiger partial charge in [0, 0.05) is 145 Å². The number of piperazine rings is 3. The number of pyridine rings is 4. The van der Waals surface area contributed by atoms with Crippen LogP contribution in [0.4, 0.5) is 17.1 Å². The van der Waals surface area contributed by atoms with Crippen molar-refractivity contribution < 1.29 is 59.3 Å². The van der Waals surface area contributed by atoms with Crippen LogP contribution >= 0.6 is 71.5 Å². The van der Waals surface area contributed by atoms with Crippen LogP contribution in [0, 0.1) is 0 Å². The number of sulfonamides is 3. The number of halogens is 4. The zero-order chi connectivity index (χ0) is 80.9. The molecule has 3 amide bonds. The van der Waals surface area contributed by atoms with E-state index in [1.165, 1.54) is 48.7 Å². The van der Waals surface area contributed by atoms with Crippen molar-refractivity contribution in [2.45, 2.75) is 107 Å². The number of benzene rings is 7. The Bertz CT molecular complexity index is 5390. The quantitative estimate of drug-likeness (QED) is 0.0393. The van der Waals surface area contributed by atoms with Crippen LogP contribution < -0.4 is 30.1 Å². The molecule has 3 aliphatic heterocycles. The Balaban J connectivity index is 0.000000211. The van der Waals surface area contributed by atoms with Gasteiger partial charge in [0.2, 0.25) is 0 Å². The van der Waals surface area contributed by atoms with Crippen LogP contribution in [0.15, 0.2) is 252 Å². The van der Waals surface area contributed by atoms with Crippen LogP contribution in [0.3, 0.4) is 0 Å². The predicted octanol–water partition coefficient (Wildman–Crippen LogP) is 15.3. The molecule has 0 spiro atoms. The summed E-state index contributed by atoms with van der Waals surface area (Å²) in [6.45, 7) is 16.6. The summed E-state index contributed by atoms with van der Waals surface area (Å²) < 4.78 is 84.8. The molecule has 4 aromatic heterocycles. The molecule has 3 aliphatic rings. The van der Waals surface area contributed by atoms with Crippen LogP contribution in [0.25, 0.3) is 32.6 Å². The Morgan fingerprint density at radius 3 is 1.17 bits per heavy atom. The van der Waals surface area contributed by atoms with Gasteiger partial charge in [-0.15, -0.1) is 0 Å². The maximum absolute atomic E-state index is 13.3. The minimum atomic E-state index is -3.90. The van der Waals surface area contributed by atoms with Gasteiger partial charge in [-0.2, -0.15) is 0 Å². The van der Waals surface area contributed by atoms with Crippen molar-refractivity contribution in [3.8, 4) is 0 Å². The maximum atomic E-state index is 13.3. The third-order valence-electron chi connectivity index (χ3n) is 17.5. The molecule has 0 saturated carbocycles. The number of hydrogen-bond acceptors (Lipinski definition) is 18.